The second-order valence-electron chi connectivity index (χ2n) is 7.42. The number of hydrogen-bond acceptors (Lipinski definition) is 7. The molecule has 0 unspecified atom stereocenters. The molecule has 1 aliphatic heterocycles. The van der Waals surface area contributed by atoms with E-state index in [0.717, 1.165) is 11.5 Å². The molecule has 0 radical (unpaired) electrons. The Morgan fingerprint density at radius 3 is 2.70 bits per heavy atom. The van der Waals surface area contributed by atoms with Crippen molar-refractivity contribution in [3.8, 4) is 0 Å². The number of pyridine rings is 1. The third kappa shape index (κ3) is 3.82. The van der Waals surface area contributed by atoms with Gasteiger partial charge in [0.05, 0.1) is 0 Å². The molecule has 1 amide bonds. The van der Waals surface area contributed by atoms with Crippen molar-refractivity contribution in [3.05, 3.63) is 41.7 Å². The highest BCUT2D eigenvalue weighted by Crippen LogP contribution is 2.27. The zero-order valence-corrected chi connectivity index (χ0v) is 17.7. The fourth-order valence-electron chi connectivity index (χ4n) is 3.83. The van der Waals surface area contributed by atoms with Crippen molar-refractivity contribution in [3.63, 3.8) is 0 Å². The lowest BCUT2D eigenvalue weighted by molar-refractivity contribution is -0.126. The number of rotatable bonds is 6. The van der Waals surface area contributed by atoms with Crippen molar-refractivity contribution in [2.45, 2.75) is 38.0 Å². The van der Waals surface area contributed by atoms with E-state index < -0.39 is 10.0 Å². The predicted octanol–water partition coefficient (Wildman–Crippen LogP) is 1.09. The highest BCUT2D eigenvalue weighted by atomic mass is 32.2. The zero-order valence-electron chi connectivity index (χ0n) is 16.9. The quantitative estimate of drug-likeness (QED) is 0.619. The Labute approximate surface area is 174 Å². The lowest BCUT2D eigenvalue weighted by atomic mass is 9.97. The Balaban J connectivity index is 1.30. The first-order valence-electron chi connectivity index (χ1n) is 9.87. The normalized spacial score (nSPS) is 16.2. The van der Waals surface area contributed by atoms with E-state index in [1.165, 1.54) is 4.31 Å². The number of hydrogen-bond donors (Lipinski definition) is 1. The van der Waals surface area contributed by atoms with Crippen molar-refractivity contribution in [2.75, 3.05) is 19.6 Å². The third-order valence-corrected chi connectivity index (χ3v) is 7.57. The lowest BCUT2D eigenvalue weighted by Crippen LogP contribution is -2.43. The molecule has 4 rings (SSSR count). The van der Waals surface area contributed by atoms with Crippen LogP contribution in [0.5, 0.6) is 0 Å². The van der Waals surface area contributed by atoms with Gasteiger partial charge in [0.15, 0.2) is 11.4 Å². The van der Waals surface area contributed by atoms with Crippen LogP contribution in [0.4, 0.5) is 0 Å². The van der Waals surface area contributed by atoms with Crippen molar-refractivity contribution >= 4 is 21.6 Å². The van der Waals surface area contributed by atoms with Crippen LogP contribution in [0.1, 0.15) is 30.1 Å². The molecule has 1 saturated heterocycles. The van der Waals surface area contributed by atoms with E-state index in [2.05, 4.69) is 20.7 Å². The summed E-state index contributed by atoms with van der Waals surface area (Å²) in [4.78, 5) is 12.7. The summed E-state index contributed by atoms with van der Waals surface area (Å²) in [6.45, 7) is 4.23. The number of carbonyl (C=O) groups excluding carboxylic acids is 1. The topological polar surface area (TPSA) is 123 Å². The summed E-state index contributed by atoms with van der Waals surface area (Å²) in [5.41, 5.74) is 1.12. The molecule has 1 aliphatic rings. The number of piperidine rings is 1. The highest BCUT2D eigenvalue weighted by Gasteiger charge is 2.35. The molecule has 0 aliphatic carbocycles. The maximum Gasteiger partial charge on any atom is 0.248 e. The van der Waals surface area contributed by atoms with Gasteiger partial charge in [-0.05, 0) is 38.8 Å². The molecule has 30 heavy (non-hydrogen) atoms. The summed E-state index contributed by atoms with van der Waals surface area (Å²) >= 11 is 0. The minimum absolute atomic E-state index is 0.0572. The van der Waals surface area contributed by atoms with E-state index in [1.807, 2.05) is 28.8 Å². The number of aryl methyl sites for hydroxylation is 2. The number of sulfonamides is 1. The Morgan fingerprint density at radius 1 is 1.23 bits per heavy atom. The van der Waals surface area contributed by atoms with Gasteiger partial charge in [-0.3, -0.25) is 9.20 Å². The molecule has 0 bridgehead atoms. The van der Waals surface area contributed by atoms with E-state index in [0.29, 0.717) is 44.6 Å². The molecule has 3 aromatic rings. The number of aromatic nitrogens is 4. The van der Waals surface area contributed by atoms with E-state index in [9.17, 15) is 13.2 Å². The Bertz CT molecular complexity index is 1140. The summed E-state index contributed by atoms with van der Waals surface area (Å²) in [5, 5.41) is 14.9. The van der Waals surface area contributed by atoms with Gasteiger partial charge in [-0.15, -0.1) is 10.2 Å². The largest absolute Gasteiger partial charge is 0.360 e. The summed E-state index contributed by atoms with van der Waals surface area (Å²) in [6, 6.07) is 5.68. The van der Waals surface area contributed by atoms with Crippen molar-refractivity contribution in [1.29, 1.82) is 0 Å². The van der Waals surface area contributed by atoms with Crippen LogP contribution in [-0.2, 0) is 21.2 Å². The number of amides is 1. The molecule has 1 fully saturated rings. The minimum Gasteiger partial charge on any atom is -0.360 e. The van der Waals surface area contributed by atoms with Crippen molar-refractivity contribution in [1.82, 2.24) is 29.4 Å². The smallest absolute Gasteiger partial charge is 0.248 e. The average molecular weight is 433 g/mol. The van der Waals surface area contributed by atoms with Crippen LogP contribution in [0.25, 0.3) is 5.65 Å². The number of fused-ring (bicyclic) bond motifs is 1. The van der Waals surface area contributed by atoms with Crippen LogP contribution < -0.4 is 5.32 Å². The Morgan fingerprint density at radius 2 is 2.00 bits per heavy atom. The van der Waals surface area contributed by atoms with E-state index in [4.69, 9.17) is 4.52 Å². The van der Waals surface area contributed by atoms with Crippen LogP contribution >= 0.6 is 0 Å². The van der Waals surface area contributed by atoms with Crippen LogP contribution in [0.15, 0.2) is 33.8 Å². The Kier molecular flexibility index (Phi) is 5.56. The van der Waals surface area contributed by atoms with Crippen LogP contribution in [-0.4, -0.2) is 58.0 Å². The molecule has 10 nitrogen and oxygen atoms in total. The zero-order chi connectivity index (χ0) is 21.3. The van der Waals surface area contributed by atoms with Gasteiger partial charge in [0.2, 0.25) is 15.9 Å². The number of nitrogens with zero attached hydrogens (tertiary/aromatic N) is 5. The predicted molar refractivity (Wildman–Crippen MR) is 107 cm³/mol. The molecule has 160 valence electrons. The Hall–Kier alpha value is -2.79. The summed E-state index contributed by atoms with van der Waals surface area (Å²) < 4.78 is 34.1. The van der Waals surface area contributed by atoms with Gasteiger partial charge in [0, 0.05) is 38.2 Å². The van der Waals surface area contributed by atoms with Crippen molar-refractivity contribution in [2.24, 2.45) is 5.92 Å². The second kappa shape index (κ2) is 8.15. The molecule has 3 aromatic heterocycles. The molecule has 4 heterocycles. The molecule has 11 heteroatoms. The van der Waals surface area contributed by atoms with Crippen LogP contribution in [0.3, 0.4) is 0 Å². The summed E-state index contributed by atoms with van der Waals surface area (Å²) in [5.74, 6) is 0.800. The standard InChI is InChI=1S/C19H24N6O4S/c1-13-18(14(2)29-23-13)30(27,28)24-11-7-15(8-12-24)19(26)20-9-6-17-22-21-16-5-3-4-10-25(16)17/h3-5,10,15H,6-9,11-12H2,1-2H3,(H,20,26). The van der Waals surface area contributed by atoms with E-state index in [-0.39, 0.29) is 22.5 Å². The first-order valence-corrected chi connectivity index (χ1v) is 11.3. The van der Waals surface area contributed by atoms with E-state index in [1.54, 1.807) is 13.8 Å². The monoisotopic (exact) mass is 432 g/mol. The van der Waals surface area contributed by atoms with Gasteiger partial charge in [-0.25, -0.2) is 8.42 Å². The molecule has 1 N–H and O–H groups in total. The van der Waals surface area contributed by atoms with Gasteiger partial charge in [0.25, 0.3) is 0 Å². The maximum atomic E-state index is 12.9. The van der Waals surface area contributed by atoms with Crippen LogP contribution in [0, 0.1) is 19.8 Å². The third-order valence-electron chi connectivity index (χ3n) is 5.42. The SMILES string of the molecule is Cc1noc(C)c1S(=O)(=O)N1CCC(C(=O)NCCc2nnc3ccccn23)CC1. The lowest BCUT2D eigenvalue weighted by Gasteiger charge is -2.30. The molecule has 0 spiro atoms. The van der Waals surface area contributed by atoms with Gasteiger partial charge in [0.1, 0.15) is 16.4 Å². The van der Waals surface area contributed by atoms with Crippen LogP contribution in [0.2, 0.25) is 0 Å². The first kappa shape index (κ1) is 20.5. The van der Waals surface area contributed by atoms with E-state index >= 15 is 0 Å². The maximum absolute atomic E-state index is 12.9. The number of carbonyl (C=O) groups is 1. The summed E-state index contributed by atoms with van der Waals surface area (Å²) in [6.07, 6.45) is 3.41. The first-order chi connectivity index (χ1) is 14.4. The fourth-order valence-corrected chi connectivity index (χ4v) is 5.59. The highest BCUT2D eigenvalue weighted by molar-refractivity contribution is 7.89. The average Bonchev–Trinajstić information content (AvgIpc) is 3.31. The second-order valence-corrected chi connectivity index (χ2v) is 9.29. The minimum atomic E-state index is -3.67. The molecule has 0 atom stereocenters. The van der Waals surface area contributed by atoms with Gasteiger partial charge >= 0.3 is 0 Å². The van der Waals surface area contributed by atoms with Gasteiger partial charge in [-0.1, -0.05) is 11.2 Å². The van der Waals surface area contributed by atoms with Gasteiger partial charge in [-0.2, -0.15) is 4.31 Å². The molecule has 0 saturated carbocycles. The van der Waals surface area contributed by atoms with Crippen molar-refractivity contribution < 1.29 is 17.7 Å². The molecular weight excluding hydrogens is 408 g/mol. The van der Waals surface area contributed by atoms with Gasteiger partial charge < -0.3 is 9.84 Å². The number of nitrogens with one attached hydrogen (secondary N) is 1. The molecular formula is C19H24N6O4S. The molecule has 0 aromatic carbocycles. The fraction of sp³-hybridized carbons (Fsp3) is 0.474. The summed E-state index contributed by atoms with van der Waals surface area (Å²) in [7, 11) is -3.67.